The van der Waals surface area contributed by atoms with Gasteiger partial charge in [-0.1, -0.05) is 87.5 Å². The zero-order chi connectivity index (χ0) is 21.8. The summed E-state index contributed by atoms with van der Waals surface area (Å²) >= 11 is 3.29. The molecule has 4 heteroatoms. The molecule has 0 unspecified atom stereocenters. The van der Waals surface area contributed by atoms with Crippen molar-refractivity contribution in [1.82, 2.24) is 0 Å². The Morgan fingerprint density at radius 1 is 0.774 bits per heavy atom. The van der Waals surface area contributed by atoms with Crippen LogP contribution in [0.2, 0.25) is 0 Å². The third kappa shape index (κ3) is 5.38. The van der Waals surface area contributed by atoms with E-state index in [1.54, 1.807) is 23.7 Å². The first-order chi connectivity index (χ1) is 14.9. The van der Waals surface area contributed by atoms with Crippen LogP contribution >= 0.6 is 23.7 Å². The quantitative estimate of drug-likeness (QED) is 0.177. The summed E-state index contributed by atoms with van der Waals surface area (Å²) in [5, 5.41) is 12.7. The molecule has 0 aliphatic rings. The van der Waals surface area contributed by atoms with Crippen LogP contribution in [0.5, 0.6) is 5.75 Å². The summed E-state index contributed by atoms with van der Waals surface area (Å²) in [5.41, 5.74) is 3.63. The van der Waals surface area contributed by atoms with Gasteiger partial charge in [-0.2, -0.15) is 0 Å². The van der Waals surface area contributed by atoms with Crippen LogP contribution in [0.15, 0.2) is 94.7 Å². The number of benzene rings is 4. The number of nitrogens with one attached hydrogen (secondary N) is 1. The number of rotatable bonds is 6. The Morgan fingerprint density at radius 3 is 2.06 bits per heavy atom. The molecule has 0 saturated carbocycles. The molecule has 0 radical (unpaired) electrons. The Bertz CT molecular complexity index is 1170. The highest BCUT2D eigenvalue weighted by molar-refractivity contribution is 8.00. The van der Waals surface area contributed by atoms with Gasteiger partial charge in [0.2, 0.25) is 0 Å². The van der Waals surface area contributed by atoms with Crippen LogP contribution in [0, 0.1) is 5.41 Å². The van der Waals surface area contributed by atoms with Gasteiger partial charge < -0.3 is 9.83 Å². The molecule has 4 aromatic carbocycles. The fraction of sp³-hybridized carbons (Fsp3) is 0.185. The van der Waals surface area contributed by atoms with Crippen molar-refractivity contribution in [3.63, 3.8) is 0 Å². The number of thioether (sulfide) groups is 1. The Kier molecular flexibility index (Phi) is 6.49. The topological polar surface area (TPSA) is 32.3 Å². The second-order valence-corrected chi connectivity index (χ2v) is 10.7. The highest BCUT2D eigenvalue weighted by Gasteiger charge is 2.16. The number of fused-ring (bicyclic) bond motifs is 1. The average molecular weight is 446 g/mol. The van der Waals surface area contributed by atoms with Crippen LogP contribution in [0.3, 0.4) is 0 Å². The van der Waals surface area contributed by atoms with Gasteiger partial charge in [-0.3, -0.25) is 0 Å². The van der Waals surface area contributed by atoms with Crippen molar-refractivity contribution < 1.29 is 5.11 Å². The van der Waals surface area contributed by atoms with Gasteiger partial charge in [0.1, 0.15) is 5.75 Å². The van der Waals surface area contributed by atoms with E-state index >= 15 is 0 Å². The van der Waals surface area contributed by atoms with Crippen molar-refractivity contribution >= 4 is 40.2 Å². The van der Waals surface area contributed by atoms with Gasteiger partial charge in [-0.15, -0.1) is 11.8 Å². The Morgan fingerprint density at radius 2 is 1.39 bits per heavy atom. The van der Waals surface area contributed by atoms with Crippen LogP contribution in [0.25, 0.3) is 21.9 Å². The summed E-state index contributed by atoms with van der Waals surface area (Å²) < 4.78 is 3.52. The lowest BCUT2D eigenvalue weighted by atomic mass is 10.0. The number of phenols is 1. The van der Waals surface area contributed by atoms with E-state index in [1.807, 2.05) is 24.3 Å². The van der Waals surface area contributed by atoms with Crippen molar-refractivity contribution in [2.75, 3.05) is 10.5 Å². The lowest BCUT2D eigenvalue weighted by Gasteiger charge is -2.19. The third-order valence-electron chi connectivity index (χ3n) is 4.88. The van der Waals surface area contributed by atoms with E-state index in [0.717, 1.165) is 32.0 Å². The third-order valence-corrected chi connectivity index (χ3v) is 7.34. The molecule has 0 amide bonds. The van der Waals surface area contributed by atoms with E-state index in [1.165, 1.54) is 11.1 Å². The van der Waals surface area contributed by atoms with Gasteiger partial charge in [0.15, 0.2) is 0 Å². The standard InChI is InChI=1S/C27H27NOS2/c1-27(2,3)18-30-25-17-24(22-11-7-8-12-23(22)26(25)29)28-31-21-15-13-20(14-16-21)19-9-5-4-6-10-19/h4-17,28-29H,18H2,1-3H3. The van der Waals surface area contributed by atoms with Gasteiger partial charge in [0.25, 0.3) is 0 Å². The molecule has 0 bridgehead atoms. The molecular weight excluding hydrogens is 418 g/mol. The first-order valence-electron chi connectivity index (χ1n) is 10.4. The van der Waals surface area contributed by atoms with E-state index in [-0.39, 0.29) is 5.41 Å². The van der Waals surface area contributed by atoms with Crippen LogP contribution < -0.4 is 4.72 Å². The summed E-state index contributed by atoms with van der Waals surface area (Å²) in [6, 6.07) is 29.1. The average Bonchev–Trinajstić information content (AvgIpc) is 2.78. The van der Waals surface area contributed by atoms with Gasteiger partial charge >= 0.3 is 0 Å². The summed E-state index contributed by atoms with van der Waals surface area (Å²) in [6.07, 6.45) is 0. The number of aromatic hydroxyl groups is 1. The smallest absolute Gasteiger partial charge is 0.137 e. The molecule has 0 aromatic heterocycles. The molecule has 0 fully saturated rings. The Balaban J connectivity index is 1.57. The molecule has 0 atom stereocenters. The Labute approximate surface area is 193 Å². The molecule has 0 aliphatic carbocycles. The van der Waals surface area contributed by atoms with Crippen molar-refractivity contribution in [1.29, 1.82) is 0 Å². The van der Waals surface area contributed by atoms with E-state index in [4.69, 9.17) is 0 Å². The van der Waals surface area contributed by atoms with Crippen molar-refractivity contribution in [2.45, 2.75) is 30.6 Å². The zero-order valence-electron chi connectivity index (χ0n) is 18.1. The minimum atomic E-state index is 0.186. The van der Waals surface area contributed by atoms with Crippen LogP contribution in [0.4, 0.5) is 5.69 Å². The molecular formula is C27H27NOS2. The molecule has 31 heavy (non-hydrogen) atoms. The van der Waals surface area contributed by atoms with Crippen LogP contribution in [0.1, 0.15) is 20.8 Å². The molecule has 2 nitrogen and oxygen atoms in total. The monoisotopic (exact) mass is 445 g/mol. The van der Waals surface area contributed by atoms with Crippen LogP contribution in [-0.4, -0.2) is 10.9 Å². The molecule has 4 aromatic rings. The summed E-state index contributed by atoms with van der Waals surface area (Å²) in [5.74, 6) is 1.31. The van der Waals surface area contributed by atoms with Gasteiger partial charge in [-0.05, 0) is 46.7 Å². The lowest BCUT2D eigenvalue weighted by molar-refractivity contribution is 0.466. The fourth-order valence-electron chi connectivity index (χ4n) is 3.28. The van der Waals surface area contributed by atoms with Gasteiger partial charge in [-0.25, -0.2) is 0 Å². The number of anilines is 1. The fourth-order valence-corrected chi connectivity index (χ4v) is 4.99. The molecule has 2 N–H and O–H groups in total. The summed E-state index contributed by atoms with van der Waals surface area (Å²) in [6.45, 7) is 6.64. The zero-order valence-corrected chi connectivity index (χ0v) is 19.7. The van der Waals surface area contributed by atoms with E-state index in [9.17, 15) is 5.11 Å². The van der Waals surface area contributed by atoms with E-state index in [0.29, 0.717) is 5.75 Å². The predicted molar refractivity (Wildman–Crippen MR) is 137 cm³/mol. The first kappa shape index (κ1) is 21.7. The predicted octanol–water partition coefficient (Wildman–Crippen LogP) is 8.47. The highest BCUT2D eigenvalue weighted by Crippen LogP contribution is 2.42. The molecule has 158 valence electrons. The molecule has 0 aliphatic heterocycles. The van der Waals surface area contributed by atoms with Gasteiger partial charge in [0, 0.05) is 21.4 Å². The number of hydrogen-bond donors (Lipinski definition) is 2. The van der Waals surface area contributed by atoms with E-state index in [2.05, 4.69) is 86.2 Å². The second kappa shape index (κ2) is 9.29. The molecule has 4 rings (SSSR count). The number of hydrogen-bond acceptors (Lipinski definition) is 4. The van der Waals surface area contributed by atoms with E-state index < -0.39 is 0 Å². The molecule has 0 spiro atoms. The summed E-state index contributed by atoms with van der Waals surface area (Å²) in [4.78, 5) is 2.05. The van der Waals surface area contributed by atoms with Crippen LogP contribution in [-0.2, 0) is 0 Å². The van der Waals surface area contributed by atoms with Crippen molar-refractivity contribution in [2.24, 2.45) is 5.41 Å². The van der Waals surface area contributed by atoms with Crippen molar-refractivity contribution in [3.05, 3.63) is 84.9 Å². The maximum Gasteiger partial charge on any atom is 0.137 e. The SMILES string of the molecule is CC(C)(C)CSc1cc(NSc2ccc(-c3ccccc3)cc2)c2ccccc2c1O. The van der Waals surface area contributed by atoms with Gasteiger partial charge in [0.05, 0.1) is 10.6 Å². The largest absolute Gasteiger partial charge is 0.506 e. The van der Waals surface area contributed by atoms with Crippen molar-refractivity contribution in [3.8, 4) is 16.9 Å². The summed E-state index contributed by atoms with van der Waals surface area (Å²) in [7, 11) is 0. The highest BCUT2D eigenvalue weighted by atomic mass is 32.2. The minimum Gasteiger partial charge on any atom is -0.506 e. The Hall–Kier alpha value is -2.56. The maximum atomic E-state index is 10.8. The molecule has 0 saturated heterocycles. The second-order valence-electron chi connectivity index (χ2n) is 8.76. The first-order valence-corrected chi connectivity index (χ1v) is 12.2. The molecule has 0 heterocycles. The maximum absolute atomic E-state index is 10.8. The lowest BCUT2D eigenvalue weighted by Crippen LogP contribution is -2.08. The normalized spacial score (nSPS) is 11.6. The number of phenolic OH excluding ortho intramolecular Hbond substituents is 1. The minimum absolute atomic E-state index is 0.186.